The summed E-state index contributed by atoms with van der Waals surface area (Å²) in [5.74, 6) is -1.45. The molecule has 2 aliphatic rings. The minimum atomic E-state index is -0.853. The summed E-state index contributed by atoms with van der Waals surface area (Å²) in [4.78, 5) is 37.1. The van der Waals surface area contributed by atoms with E-state index in [1.54, 1.807) is 0 Å². The predicted octanol–water partition coefficient (Wildman–Crippen LogP) is 4.70. The van der Waals surface area contributed by atoms with Crippen molar-refractivity contribution in [1.29, 1.82) is 0 Å². The van der Waals surface area contributed by atoms with Gasteiger partial charge in [0.05, 0.1) is 6.42 Å². The van der Waals surface area contributed by atoms with Crippen LogP contribution in [0, 0.1) is 11.8 Å². The van der Waals surface area contributed by atoms with Crippen LogP contribution < -0.4 is 10.6 Å². The van der Waals surface area contributed by atoms with E-state index in [0.717, 1.165) is 47.9 Å². The zero-order chi connectivity index (χ0) is 24.9. The lowest BCUT2D eigenvalue weighted by atomic mass is 9.82. The van der Waals surface area contributed by atoms with E-state index in [1.807, 2.05) is 38.1 Å². The fraction of sp³-hybridized carbons (Fsp3) is 0.464. The van der Waals surface area contributed by atoms with Crippen LogP contribution in [0.5, 0.6) is 0 Å². The number of amides is 2. The fourth-order valence-corrected chi connectivity index (χ4v) is 5.44. The molecule has 0 bridgehead atoms. The van der Waals surface area contributed by atoms with Crippen LogP contribution in [0.3, 0.4) is 0 Å². The third-order valence-corrected chi connectivity index (χ3v) is 7.24. The van der Waals surface area contributed by atoms with E-state index in [9.17, 15) is 19.5 Å². The van der Waals surface area contributed by atoms with Crippen molar-refractivity contribution < 1.29 is 24.2 Å². The van der Waals surface area contributed by atoms with Crippen LogP contribution in [0.25, 0.3) is 11.1 Å². The molecule has 2 aromatic rings. The van der Waals surface area contributed by atoms with Crippen LogP contribution in [0.2, 0.25) is 0 Å². The van der Waals surface area contributed by atoms with Gasteiger partial charge >= 0.3 is 12.1 Å². The maximum atomic E-state index is 13.1. The summed E-state index contributed by atoms with van der Waals surface area (Å²) in [7, 11) is 0. The standard InChI is InChI=1S/C28H34N2O5/c1-17(2)26(27(33)29-24-14-8-3-9-18(24)15-25(31)32)30-28(34)35-16-23-21-12-6-4-10-19(21)20-11-5-7-13-22(20)23/h4-7,10-13,17-18,23-24,26H,3,8-9,14-16H2,1-2H3,(H,29,33)(H,30,34)(H,31,32)/t18?,24?,26-/m1/s1. The van der Waals surface area contributed by atoms with Crippen LogP contribution in [-0.2, 0) is 14.3 Å². The summed E-state index contributed by atoms with van der Waals surface area (Å²) in [6, 6.07) is 15.3. The highest BCUT2D eigenvalue weighted by atomic mass is 16.5. The number of aliphatic carboxylic acids is 1. The van der Waals surface area contributed by atoms with Gasteiger partial charge < -0.3 is 20.5 Å². The smallest absolute Gasteiger partial charge is 0.407 e. The van der Waals surface area contributed by atoms with Gasteiger partial charge in [-0.3, -0.25) is 9.59 Å². The van der Waals surface area contributed by atoms with Gasteiger partial charge in [-0.05, 0) is 46.9 Å². The summed E-state index contributed by atoms with van der Waals surface area (Å²) in [5.41, 5.74) is 4.56. The average Bonchev–Trinajstić information content (AvgIpc) is 3.15. The molecule has 2 unspecified atom stereocenters. The minimum absolute atomic E-state index is 0.0388. The molecule has 0 heterocycles. The molecule has 3 atom stereocenters. The Kier molecular flexibility index (Phi) is 7.73. The maximum Gasteiger partial charge on any atom is 0.407 e. The predicted molar refractivity (Wildman–Crippen MR) is 133 cm³/mol. The molecule has 35 heavy (non-hydrogen) atoms. The van der Waals surface area contributed by atoms with Crippen molar-refractivity contribution in [1.82, 2.24) is 10.6 Å². The monoisotopic (exact) mass is 478 g/mol. The molecule has 3 N–H and O–H groups in total. The SMILES string of the molecule is CC(C)[C@@H](NC(=O)OCC1c2ccccc2-c2ccccc21)C(=O)NC1CCCCC1CC(=O)O. The average molecular weight is 479 g/mol. The lowest BCUT2D eigenvalue weighted by molar-refractivity contribution is -0.139. The highest BCUT2D eigenvalue weighted by Gasteiger charge is 2.33. The molecule has 0 aromatic heterocycles. The molecule has 2 aliphatic carbocycles. The Labute approximate surface area is 206 Å². The number of carboxylic acids is 1. The van der Waals surface area contributed by atoms with Crippen molar-refractivity contribution in [2.24, 2.45) is 11.8 Å². The van der Waals surface area contributed by atoms with Gasteiger partial charge in [0.15, 0.2) is 0 Å². The van der Waals surface area contributed by atoms with E-state index in [0.29, 0.717) is 0 Å². The van der Waals surface area contributed by atoms with Crippen LogP contribution in [0.4, 0.5) is 4.79 Å². The van der Waals surface area contributed by atoms with Crippen molar-refractivity contribution in [2.75, 3.05) is 6.61 Å². The Balaban J connectivity index is 1.38. The molecule has 2 amide bonds. The van der Waals surface area contributed by atoms with Gasteiger partial charge in [-0.15, -0.1) is 0 Å². The maximum absolute atomic E-state index is 13.1. The second kappa shape index (κ2) is 10.9. The Morgan fingerprint density at radius 3 is 2.17 bits per heavy atom. The van der Waals surface area contributed by atoms with Crippen molar-refractivity contribution in [3.8, 4) is 11.1 Å². The van der Waals surface area contributed by atoms with Gasteiger partial charge in [0.25, 0.3) is 0 Å². The normalized spacial score (nSPS) is 20.0. The number of ether oxygens (including phenoxy) is 1. The second-order valence-electron chi connectivity index (χ2n) is 9.95. The fourth-order valence-electron chi connectivity index (χ4n) is 5.44. The van der Waals surface area contributed by atoms with Crippen LogP contribution in [-0.4, -0.2) is 41.8 Å². The van der Waals surface area contributed by atoms with Gasteiger partial charge in [0, 0.05) is 12.0 Å². The van der Waals surface area contributed by atoms with Crippen LogP contribution >= 0.6 is 0 Å². The van der Waals surface area contributed by atoms with E-state index in [-0.39, 0.29) is 42.7 Å². The molecule has 2 aromatic carbocycles. The Hall–Kier alpha value is -3.35. The Morgan fingerprint density at radius 2 is 1.57 bits per heavy atom. The molecule has 0 spiro atoms. The number of hydrogen-bond acceptors (Lipinski definition) is 4. The van der Waals surface area contributed by atoms with E-state index in [4.69, 9.17) is 4.74 Å². The molecule has 7 nitrogen and oxygen atoms in total. The third-order valence-electron chi connectivity index (χ3n) is 7.24. The summed E-state index contributed by atoms with van der Waals surface area (Å²) >= 11 is 0. The zero-order valence-electron chi connectivity index (χ0n) is 20.3. The highest BCUT2D eigenvalue weighted by Crippen LogP contribution is 2.44. The second-order valence-corrected chi connectivity index (χ2v) is 9.95. The van der Waals surface area contributed by atoms with Crippen LogP contribution in [0.1, 0.15) is 63.0 Å². The molecule has 7 heteroatoms. The molecular weight excluding hydrogens is 444 g/mol. The molecule has 0 radical (unpaired) electrons. The number of alkyl carbamates (subject to hydrolysis) is 1. The van der Waals surface area contributed by atoms with Crippen molar-refractivity contribution >= 4 is 18.0 Å². The first-order valence-electron chi connectivity index (χ1n) is 12.5. The van der Waals surface area contributed by atoms with Gasteiger partial charge in [0.1, 0.15) is 12.6 Å². The summed E-state index contributed by atoms with van der Waals surface area (Å²) in [6.07, 6.45) is 2.86. The first-order valence-corrected chi connectivity index (χ1v) is 12.5. The van der Waals surface area contributed by atoms with E-state index in [2.05, 4.69) is 34.9 Å². The molecule has 1 fully saturated rings. The number of carbonyl (C=O) groups is 3. The lowest BCUT2D eigenvalue weighted by Crippen LogP contribution is -2.54. The van der Waals surface area contributed by atoms with E-state index >= 15 is 0 Å². The number of rotatable bonds is 8. The summed E-state index contributed by atoms with van der Waals surface area (Å²) in [5, 5.41) is 15.0. The van der Waals surface area contributed by atoms with E-state index in [1.165, 1.54) is 0 Å². The number of hydrogen-bond donors (Lipinski definition) is 3. The van der Waals surface area contributed by atoms with E-state index < -0.39 is 18.1 Å². The minimum Gasteiger partial charge on any atom is -0.481 e. The molecule has 1 saturated carbocycles. The van der Waals surface area contributed by atoms with Crippen LogP contribution in [0.15, 0.2) is 48.5 Å². The molecule has 186 valence electrons. The topological polar surface area (TPSA) is 105 Å². The summed E-state index contributed by atoms with van der Waals surface area (Å²) in [6.45, 7) is 3.91. The molecule has 0 aliphatic heterocycles. The lowest BCUT2D eigenvalue weighted by Gasteiger charge is -2.33. The van der Waals surface area contributed by atoms with Crippen molar-refractivity contribution in [2.45, 2.75) is 64.0 Å². The number of benzene rings is 2. The Bertz CT molecular complexity index is 1040. The number of nitrogens with one attached hydrogen (secondary N) is 2. The van der Waals surface area contributed by atoms with Gasteiger partial charge in [-0.1, -0.05) is 75.2 Å². The number of carbonyl (C=O) groups excluding carboxylic acids is 2. The third kappa shape index (κ3) is 5.66. The largest absolute Gasteiger partial charge is 0.481 e. The molecular formula is C28H34N2O5. The first-order chi connectivity index (χ1) is 16.8. The molecule has 4 rings (SSSR count). The number of carboxylic acid groups (broad SMARTS) is 1. The highest BCUT2D eigenvalue weighted by molar-refractivity contribution is 5.86. The first kappa shape index (κ1) is 24.8. The quantitative estimate of drug-likeness (QED) is 0.510. The van der Waals surface area contributed by atoms with Gasteiger partial charge in [-0.25, -0.2) is 4.79 Å². The molecule has 0 saturated heterocycles. The Morgan fingerprint density at radius 1 is 0.971 bits per heavy atom. The van der Waals surface area contributed by atoms with Gasteiger partial charge in [0.2, 0.25) is 5.91 Å². The van der Waals surface area contributed by atoms with Gasteiger partial charge in [-0.2, -0.15) is 0 Å². The zero-order valence-corrected chi connectivity index (χ0v) is 20.3. The number of fused-ring (bicyclic) bond motifs is 3. The van der Waals surface area contributed by atoms with Crippen molar-refractivity contribution in [3.05, 3.63) is 59.7 Å². The van der Waals surface area contributed by atoms with Crippen molar-refractivity contribution in [3.63, 3.8) is 0 Å². The summed E-state index contributed by atoms with van der Waals surface area (Å²) < 4.78 is 5.63.